The van der Waals surface area contributed by atoms with Crippen LogP contribution in [0.4, 0.5) is 0 Å². The van der Waals surface area contributed by atoms with Crippen LogP contribution in [0.3, 0.4) is 0 Å². The Morgan fingerprint density at radius 3 is 1.48 bits per heavy atom. The van der Waals surface area contributed by atoms with Crippen LogP contribution in [0.5, 0.6) is 0 Å². The van der Waals surface area contributed by atoms with Gasteiger partial charge in [-0.2, -0.15) is 0 Å². The van der Waals surface area contributed by atoms with Gasteiger partial charge in [0.25, 0.3) is 0 Å². The lowest BCUT2D eigenvalue weighted by molar-refractivity contribution is 0.592. The minimum atomic E-state index is -3.07. The summed E-state index contributed by atoms with van der Waals surface area (Å²) in [7, 11) is -2.08. The molecule has 0 radical (unpaired) electrons. The molecule has 0 spiro atoms. The van der Waals surface area contributed by atoms with Gasteiger partial charge in [0, 0.05) is 15.9 Å². The van der Waals surface area contributed by atoms with Gasteiger partial charge in [-0.25, -0.2) is 0 Å². The molecule has 0 N–H and O–H groups in total. The highest BCUT2D eigenvalue weighted by Gasteiger charge is 2.33. The Bertz CT molecular complexity index is 1370. The first kappa shape index (κ1) is 21.6. The maximum Gasteiger partial charge on any atom is 0.175 e. The lowest BCUT2D eigenvalue weighted by Crippen LogP contribution is -2.25. The average molecular weight is 462 g/mol. The van der Waals surface area contributed by atoms with E-state index >= 15 is 4.57 Å². The molecule has 5 aromatic rings. The fourth-order valence-corrected chi connectivity index (χ4v) is 9.38. The SMILES string of the molecule is Cc1c(-c2ccccc2)cc(-c2ccccc2)pc1P(=O)(c1ccccc1)c1ccccc1. The summed E-state index contributed by atoms with van der Waals surface area (Å²) in [5, 5.41) is 3.90. The number of rotatable bonds is 5. The molecule has 0 aliphatic rings. The quantitative estimate of drug-likeness (QED) is 0.247. The average Bonchev–Trinajstić information content (AvgIpc) is 2.90. The Kier molecular flexibility index (Phi) is 6.10. The molecule has 4 aromatic carbocycles. The van der Waals surface area contributed by atoms with Crippen LogP contribution < -0.4 is 15.6 Å². The summed E-state index contributed by atoms with van der Waals surface area (Å²) >= 11 is 0. The zero-order valence-electron chi connectivity index (χ0n) is 18.4. The molecule has 3 heteroatoms. The number of benzene rings is 4. The molecule has 0 amide bonds. The van der Waals surface area contributed by atoms with Crippen LogP contribution in [0.2, 0.25) is 0 Å². The van der Waals surface area contributed by atoms with E-state index in [4.69, 9.17) is 0 Å². The van der Waals surface area contributed by atoms with Crippen molar-refractivity contribution in [1.29, 1.82) is 0 Å². The van der Waals surface area contributed by atoms with Gasteiger partial charge in [-0.05, 0) is 35.2 Å². The molecule has 0 bridgehead atoms. The summed E-state index contributed by atoms with van der Waals surface area (Å²) < 4.78 is 15.2. The minimum Gasteiger partial charge on any atom is -0.308 e. The van der Waals surface area contributed by atoms with Gasteiger partial charge >= 0.3 is 0 Å². The second-order valence-corrected chi connectivity index (χ2v) is 12.2. The Morgan fingerprint density at radius 1 is 0.576 bits per heavy atom. The summed E-state index contributed by atoms with van der Waals surface area (Å²) in [4.78, 5) is 0. The van der Waals surface area contributed by atoms with Gasteiger partial charge in [-0.15, -0.1) is 0 Å². The third-order valence-electron chi connectivity index (χ3n) is 5.94. The Hall–Kier alpha value is -3.24. The smallest absolute Gasteiger partial charge is 0.175 e. The summed E-state index contributed by atoms with van der Waals surface area (Å²) in [6.07, 6.45) is 0. The van der Waals surface area contributed by atoms with Crippen molar-refractivity contribution in [2.24, 2.45) is 0 Å². The Balaban J connectivity index is 1.86. The Morgan fingerprint density at radius 2 is 1.00 bits per heavy atom. The predicted octanol–water partition coefficient (Wildman–Crippen LogP) is 7.55. The summed E-state index contributed by atoms with van der Waals surface area (Å²) in [6, 6.07) is 43.0. The van der Waals surface area contributed by atoms with E-state index in [9.17, 15) is 0 Å². The van der Waals surface area contributed by atoms with Crippen LogP contribution in [-0.4, -0.2) is 0 Å². The highest BCUT2D eigenvalue weighted by Crippen LogP contribution is 2.49. The van der Waals surface area contributed by atoms with Crippen molar-refractivity contribution in [2.75, 3.05) is 0 Å². The van der Waals surface area contributed by atoms with Crippen LogP contribution in [0.1, 0.15) is 5.56 Å². The molecular weight excluding hydrogens is 438 g/mol. The molecule has 1 aromatic heterocycles. The molecule has 0 atom stereocenters. The first-order valence-corrected chi connectivity index (χ1v) is 13.6. The zero-order valence-corrected chi connectivity index (χ0v) is 20.2. The molecule has 5 rings (SSSR count). The van der Waals surface area contributed by atoms with Crippen LogP contribution in [-0.2, 0) is 4.57 Å². The van der Waals surface area contributed by atoms with Crippen molar-refractivity contribution in [3.8, 4) is 22.0 Å². The summed E-state index contributed by atoms with van der Waals surface area (Å²) in [6.45, 7) is 2.13. The Labute approximate surface area is 197 Å². The lowest BCUT2D eigenvalue weighted by Gasteiger charge is -2.24. The third-order valence-corrected chi connectivity index (χ3v) is 11.2. The molecule has 0 unspecified atom stereocenters. The van der Waals surface area contributed by atoms with Gasteiger partial charge in [0.05, 0.1) is 5.04 Å². The second kappa shape index (κ2) is 9.32. The molecule has 1 heterocycles. The number of hydrogen-bond acceptors (Lipinski definition) is 1. The summed E-state index contributed by atoms with van der Waals surface area (Å²) in [5.41, 5.74) is 4.53. The number of hydrogen-bond donors (Lipinski definition) is 0. The maximum absolute atomic E-state index is 15.2. The highest BCUT2D eigenvalue weighted by atomic mass is 31.2. The monoisotopic (exact) mass is 462 g/mol. The van der Waals surface area contributed by atoms with E-state index in [1.807, 2.05) is 72.8 Å². The molecule has 0 saturated heterocycles. The van der Waals surface area contributed by atoms with Crippen molar-refractivity contribution < 1.29 is 4.57 Å². The van der Waals surface area contributed by atoms with Gasteiger partial charge in [-0.1, -0.05) is 130 Å². The van der Waals surface area contributed by atoms with Crippen LogP contribution >= 0.6 is 15.3 Å². The molecular formula is C30H24OP2. The molecule has 33 heavy (non-hydrogen) atoms. The van der Waals surface area contributed by atoms with E-state index in [0.29, 0.717) is 0 Å². The topological polar surface area (TPSA) is 17.1 Å². The predicted molar refractivity (Wildman–Crippen MR) is 144 cm³/mol. The molecule has 0 saturated carbocycles. The second-order valence-electron chi connectivity index (χ2n) is 8.02. The standard InChI is InChI=1S/C30H24OP2/c1-23-28(24-14-6-2-7-15-24)22-29(25-16-8-3-9-17-25)32-30(23)33(31,26-18-10-4-11-19-26)27-20-12-5-13-21-27/h2-22H,1H3. The molecule has 0 fully saturated rings. The van der Waals surface area contributed by atoms with Crippen molar-refractivity contribution >= 4 is 31.0 Å². The van der Waals surface area contributed by atoms with Crippen LogP contribution in [0, 0.1) is 6.92 Å². The normalized spacial score (nSPS) is 11.5. The molecule has 160 valence electrons. The third kappa shape index (κ3) is 4.11. The maximum atomic E-state index is 15.2. The van der Waals surface area contributed by atoms with E-state index in [-0.39, 0.29) is 0 Å². The first-order chi connectivity index (χ1) is 16.2. The highest BCUT2D eigenvalue weighted by molar-refractivity contribution is 7.90. The fraction of sp³-hybridized carbons (Fsp3) is 0.0333. The zero-order chi connectivity index (χ0) is 22.7. The van der Waals surface area contributed by atoms with E-state index in [2.05, 4.69) is 61.5 Å². The van der Waals surface area contributed by atoms with Crippen molar-refractivity contribution in [3.63, 3.8) is 0 Å². The minimum absolute atomic E-state index is 0.875. The lowest BCUT2D eigenvalue weighted by atomic mass is 10.0. The molecule has 1 nitrogen and oxygen atoms in total. The summed E-state index contributed by atoms with van der Waals surface area (Å²) in [5.74, 6) is 0. The van der Waals surface area contributed by atoms with Gasteiger partial charge < -0.3 is 4.57 Å². The first-order valence-electron chi connectivity index (χ1n) is 11.0. The van der Waals surface area contributed by atoms with Gasteiger partial charge in [0.1, 0.15) is 0 Å². The van der Waals surface area contributed by atoms with E-state index in [1.54, 1.807) is 0 Å². The molecule has 0 aliphatic heterocycles. The molecule has 0 aliphatic carbocycles. The van der Waals surface area contributed by atoms with Gasteiger partial charge in [0.15, 0.2) is 7.14 Å². The van der Waals surface area contributed by atoms with Crippen LogP contribution in [0.25, 0.3) is 22.0 Å². The van der Waals surface area contributed by atoms with Gasteiger partial charge in [-0.3, -0.25) is 0 Å². The van der Waals surface area contributed by atoms with Crippen molar-refractivity contribution in [2.45, 2.75) is 6.92 Å². The van der Waals surface area contributed by atoms with Crippen molar-refractivity contribution in [1.82, 2.24) is 0 Å². The van der Waals surface area contributed by atoms with Gasteiger partial charge in [0.2, 0.25) is 0 Å². The van der Waals surface area contributed by atoms with Crippen molar-refractivity contribution in [3.05, 3.63) is 133 Å². The van der Waals surface area contributed by atoms with E-state index in [1.165, 1.54) is 5.30 Å². The fourth-order valence-electron chi connectivity index (χ4n) is 4.25. The van der Waals surface area contributed by atoms with Crippen LogP contribution in [0.15, 0.2) is 127 Å². The van der Waals surface area contributed by atoms with E-state index in [0.717, 1.165) is 46.1 Å². The largest absolute Gasteiger partial charge is 0.308 e. The van der Waals surface area contributed by atoms with E-state index < -0.39 is 7.14 Å².